The lowest BCUT2D eigenvalue weighted by atomic mass is 10.0. The van der Waals surface area contributed by atoms with Crippen molar-refractivity contribution in [3.05, 3.63) is 41.7 Å². The number of aromatic amines is 1. The van der Waals surface area contributed by atoms with Crippen LogP contribution in [0.4, 0.5) is 0 Å². The average Bonchev–Trinajstić information content (AvgIpc) is 3.17. The fourth-order valence-electron chi connectivity index (χ4n) is 3.68. The Morgan fingerprint density at radius 2 is 2.28 bits per heavy atom. The van der Waals surface area contributed by atoms with Gasteiger partial charge in [0, 0.05) is 38.2 Å². The van der Waals surface area contributed by atoms with E-state index >= 15 is 0 Å². The first-order valence-corrected chi connectivity index (χ1v) is 8.88. The van der Waals surface area contributed by atoms with E-state index in [2.05, 4.69) is 27.2 Å². The Bertz CT molecular complexity index is 748. The molecule has 4 rings (SSSR count). The summed E-state index contributed by atoms with van der Waals surface area (Å²) in [5, 5.41) is 3.07. The molecule has 2 aliphatic rings. The number of imidazole rings is 1. The van der Waals surface area contributed by atoms with Gasteiger partial charge in [-0.25, -0.2) is 4.98 Å². The number of aryl methyl sites for hydroxylation is 1. The maximum Gasteiger partial charge on any atom is 0.253 e. The molecule has 134 valence electrons. The maximum absolute atomic E-state index is 12.6. The summed E-state index contributed by atoms with van der Waals surface area (Å²) in [7, 11) is 4.08. The number of carbonyl (C=O) groups excluding carboxylic acids is 1. The molecule has 2 N–H and O–H groups in total. The zero-order chi connectivity index (χ0) is 17.4. The lowest BCUT2D eigenvalue weighted by Gasteiger charge is -2.39. The zero-order valence-electron chi connectivity index (χ0n) is 14.7. The van der Waals surface area contributed by atoms with Gasteiger partial charge in [0.25, 0.3) is 5.91 Å². The van der Waals surface area contributed by atoms with Crippen molar-refractivity contribution in [3.8, 4) is 0 Å². The number of morpholine rings is 1. The van der Waals surface area contributed by atoms with Crippen LogP contribution in [-0.4, -0.2) is 58.2 Å². The number of nitrogens with zero attached hydrogens (tertiary/aromatic N) is 3. The second kappa shape index (κ2) is 6.65. The van der Waals surface area contributed by atoms with Gasteiger partial charge in [-0.1, -0.05) is 0 Å². The Morgan fingerprint density at radius 3 is 3.00 bits per heavy atom. The van der Waals surface area contributed by atoms with Gasteiger partial charge in [-0.2, -0.15) is 0 Å². The highest BCUT2D eigenvalue weighted by Crippen LogP contribution is 2.40. The largest absolute Gasteiger partial charge is 0.373 e. The predicted octanol–water partition coefficient (Wildman–Crippen LogP) is 1.43. The molecule has 1 aliphatic heterocycles. The molecule has 1 saturated carbocycles. The van der Waals surface area contributed by atoms with Crippen LogP contribution in [0.25, 0.3) is 0 Å². The lowest BCUT2D eigenvalue weighted by molar-refractivity contribution is -0.0626. The van der Waals surface area contributed by atoms with Gasteiger partial charge < -0.3 is 19.6 Å². The van der Waals surface area contributed by atoms with Crippen LogP contribution in [0.2, 0.25) is 0 Å². The zero-order valence-corrected chi connectivity index (χ0v) is 14.7. The molecular formula is C18H25N5O2. The van der Waals surface area contributed by atoms with Crippen molar-refractivity contribution < 1.29 is 9.53 Å². The number of ether oxygens (including phenoxy) is 1. The molecule has 2 aromatic heterocycles. The molecule has 7 heteroatoms. The fourth-order valence-corrected chi connectivity index (χ4v) is 3.68. The van der Waals surface area contributed by atoms with Crippen LogP contribution in [0.1, 0.15) is 46.5 Å². The van der Waals surface area contributed by atoms with E-state index in [1.165, 1.54) is 12.8 Å². The molecule has 1 saturated heterocycles. The molecule has 3 heterocycles. The van der Waals surface area contributed by atoms with Crippen molar-refractivity contribution in [2.45, 2.75) is 30.9 Å². The van der Waals surface area contributed by atoms with Crippen LogP contribution in [0.15, 0.2) is 24.8 Å². The molecular weight excluding hydrogens is 318 g/mol. The van der Waals surface area contributed by atoms with Gasteiger partial charge in [-0.05, 0) is 31.9 Å². The first-order valence-electron chi connectivity index (χ1n) is 8.88. The quantitative estimate of drug-likeness (QED) is 0.861. The second-order valence-corrected chi connectivity index (χ2v) is 7.05. The molecule has 2 aromatic rings. The first kappa shape index (κ1) is 16.4. The Labute approximate surface area is 147 Å². The number of nitrogens with one attached hydrogen (secondary N) is 2. The van der Waals surface area contributed by atoms with Crippen molar-refractivity contribution in [2.75, 3.05) is 26.7 Å². The van der Waals surface area contributed by atoms with Crippen molar-refractivity contribution in [1.29, 1.82) is 0 Å². The van der Waals surface area contributed by atoms with Gasteiger partial charge in [-0.3, -0.25) is 9.69 Å². The van der Waals surface area contributed by atoms with Crippen molar-refractivity contribution in [1.82, 2.24) is 24.8 Å². The van der Waals surface area contributed by atoms with Crippen LogP contribution in [-0.2, 0) is 11.8 Å². The molecule has 0 radical (unpaired) electrons. The minimum Gasteiger partial charge on any atom is -0.373 e. The monoisotopic (exact) mass is 343 g/mol. The number of likely N-dealkylation sites (N-methyl/N-ethyl adjacent to an activating group) is 1. The summed E-state index contributed by atoms with van der Waals surface area (Å²) in [6, 6.07) is 1.95. The molecule has 1 aliphatic carbocycles. The van der Waals surface area contributed by atoms with Crippen LogP contribution in [0, 0.1) is 0 Å². The van der Waals surface area contributed by atoms with Crippen LogP contribution in [0.5, 0.6) is 0 Å². The number of hydrogen-bond donors (Lipinski definition) is 2. The van der Waals surface area contributed by atoms with E-state index in [9.17, 15) is 4.79 Å². The first-order chi connectivity index (χ1) is 12.1. The molecule has 2 fully saturated rings. The maximum atomic E-state index is 12.6. The lowest BCUT2D eigenvalue weighted by Crippen LogP contribution is -2.48. The van der Waals surface area contributed by atoms with E-state index in [1.807, 2.05) is 30.1 Å². The summed E-state index contributed by atoms with van der Waals surface area (Å²) in [5.41, 5.74) is 2.94. The predicted molar refractivity (Wildman–Crippen MR) is 93.4 cm³/mol. The third-order valence-corrected chi connectivity index (χ3v) is 5.23. The van der Waals surface area contributed by atoms with Gasteiger partial charge in [0.2, 0.25) is 0 Å². The topological polar surface area (TPSA) is 75.2 Å². The third-order valence-electron chi connectivity index (χ3n) is 5.23. The summed E-state index contributed by atoms with van der Waals surface area (Å²) in [4.78, 5) is 22.3. The van der Waals surface area contributed by atoms with E-state index in [0.29, 0.717) is 19.1 Å². The molecule has 0 bridgehead atoms. The summed E-state index contributed by atoms with van der Waals surface area (Å²) < 4.78 is 8.01. The highest BCUT2D eigenvalue weighted by atomic mass is 16.5. The Morgan fingerprint density at radius 1 is 1.44 bits per heavy atom. The standard InChI is InChI=1S/C18H25N5O2/c1-22-7-8-25-15(17(22)14-9-19-11-23(14)2)10-21-18(24)13-5-6-20-16(13)12-3-4-12/h5-6,9,11-12,15,17,20H,3-4,7-8,10H2,1-2H3,(H,21,24)/t15-,17-/m0/s1. The number of rotatable bonds is 5. The number of aromatic nitrogens is 3. The normalized spacial score (nSPS) is 24.4. The number of carbonyl (C=O) groups is 1. The van der Waals surface area contributed by atoms with Crippen LogP contribution >= 0.6 is 0 Å². The van der Waals surface area contributed by atoms with E-state index in [1.54, 1.807) is 6.33 Å². The molecule has 1 amide bonds. The fraction of sp³-hybridized carbons (Fsp3) is 0.556. The summed E-state index contributed by atoms with van der Waals surface area (Å²) >= 11 is 0. The van der Waals surface area contributed by atoms with E-state index in [0.717, 1.165) is 23.5 Å². The minimum atomic E-state index is -0.0959. The van der Waals surface area contributed by atoms with E-state index < -0.39 is 0 Å². The molecule has 7 nitrogen and oxygen atoms in total. The van der Waals surface area contributed by atoms with Crippen molar-refractivity contribution in [3.63, 3.8) is 0 Å². The number of amides is 1. The van der Waals surface area contributed by atoms with Crippen molar-refractivity contribution >= 4 is 5.91 Å². The molecule has 0 unspecified atom stereocenters. The van der Waals surface area contributed by atoms with Crippen LogP contribution < -0.4 is 5.32 Å². The minimum absolute atomic E-state index is 0.0243. The molecule has 0 spiro atoms. The van der Waals surface area contributed by atoms with E-state index in [4.69, 9.17) is 4.74 Å². The van der Waals surface area contributed by atoms with Gasteiger partial charge >= 0.3 is 0 Å². The number of H-pyrrole nitrogens is 1. The summed E-state index contributed by atoms with van der Waals surface area (Å²) in [6.45, 7) is 2.01. The van der Waals surface area contributed by atoms with Gasteiger partial charge in [0.1, 0.15) is 0 Å². The number of hydrogen-bond acceptors (Lipinski definition) is 4. The Kier molecular flexibility index (Phi) is 4.35. The highest BCUT2D eigenvalue weighted by molar-refractivity contribution is 5.95. The van der Waals surface area contributed by atoms with Gasteiger partial charge in [-0.15, -0.1) is 0 Å². The van der Waals surface area contributed by atoms with Crippen molar-refractivity contribution in [2.24, 2.45) is 7.05 Å². The molecule has 25 heavy (non-hydrogen) atoms. The molecule has 2 atom stereocenters. The second-order valence-electron chi connectivity index (χ2n) is 7.05. The van der Waals surface area contributed by atoms with Gasteiger partial charge in [0.05, 0.1) is 36.3 Å². The SMILES string of the molecule is CN1CCO[C@@H](CNC(=O)c2cc[nH]c2C2CC2)[C@@H]1c1cncn1C. The summed E-state index contributed by atoms with van der Waals surface area (Å²) in [5.74, 6) is 0.499. The Balaban J connectivity index is 1.46. The highest BCUT2D eigenvalue weighted by Gasteiger charge is 2.34. The van der Waals surface area contributed by atoms with Gasteiger partial charge in [0.15, 0.2) is 0 Å². The molecule has 0 aromatic carbocycles. The third kappa shape index (κ3) is 3.21. The summed E-state index contributed by atoms with van der Waals surface area (Å²) in [6.07, 6.45) is 7.77. The average molecular weight is 343 g/mol. The Hall–Kier alpha value is -2.12. The van der Waals surface area contributed by atoms with E-state index in [-0.39, 0.29) is 18.1 Å². The van der Waals surface area contributed by atoms with Crippen LogP contribution in [0.3, 0.4) is 0 Å². The smallest absolute Gasteiger partial charge is 0.253 e.